The zero-order valence-corrected chi connectivity index (χ0v) is 21.5. The van der Waals surface area contributed by atoms with Crippen LogP contribution in [0.1, 0.15) is 35.1 Å². The molecular formula is C17H21F19I2. The van der Waals surface area contributed by atoms with Crippen LogP contribution in [0.5, 0.6) is 0 Å². The van der Waals surface area contributed by atoms with Crippen molar-refractivity contribution in [1.29, 1.82) is 0 Å². The molecule has 0 fully saturated rings. The summed E-state index contributed by atoms with van der Waals surface area (Å²) in [6.07, 6.45) is -27.6. The first-order valence-electron chi connectivity index (χ1n) is 7.83. The Morgan fingerprint density at radius 1 is 0.632 bits per heavy atom. The molecule has 0 aliphatic heterocycles. The summed E-state index contributed by atoms with van der Waals surface area (Å²) in [5.74, 6) is 0. The fraction of sp³-hybridized carbons (Fsp3) is 0.765. The van der Waals surface area contributed by atoms with E-state index in [2.05, 4.69) is 6.58 Å². The molecule has 0 aromatic rings. The maximum Gasteiger partial charge on any atom is 0.441 e. The molecule has 0 radical (unpaired) electrons. The second-order valence-electron chi connectivity index (χ2n) is 6.05. The Kier molecular flexibility index (Phi) is 24.1. The van der Waals surface area contributed by atoms with Gasteiger partial charge in [0.25, 0.3) is 12.2 Å². The Bertz CT molecular complexity index is 643. The summed E-state index contributed by atoms with van der Waals surface area (Å²) in [7, 11) is 0. The van der Waals surface area contributed by atoms with Gasteiger partial charge >= 0.3 is 28.4 Å². The summed E-state index contributed by atoms with van der Waals surface area (Å²) in [4.78, 5) is 0. The standard InChI is InChI=1S/C5H4F6.C5H7F4I.C3F7I.C2H2F2.2CH4/c1-4(8,2-3(6)7)5(9,10)11;1-4(6,2-3-10)5(7,8)9;4-1(11,2(5,6)7)3(8,9)10;1-2(3)4;;/h2H,1H3;2-3H2,1H3;;1H2;2*1H4. The van der Waals surface area contributed by atoms with E-state index in [1.54, 1.807) is 22.6 Å². The predicted molar refractivity (Wildman–Crippen MR) is 120 cm³/mol. The molecular weight excluding hydrogens is 819 g/mol. The molecule has 0 saturated carbocycles. The van der Waals surface area contributed by atoms with E-state index in [0.29, 0.717) is 6.92 Å². The smallest absolute Gasteiger partial charge is 0.234 e. The predicted octanol–water partition coefficient (Wildman–Crippen LogP) is 12.0. The van der Waals surface area contributed by atoms with Gasteiger partial charge in [-0.25, -0.2) is 13.2 Å². The van der Waals surface area contributed by atoms with Crippen LogP contribution in [0.25, 0.3) is 0 Å². The van der Waals surface area contributed by atoms with Crippen molar-refractivity contribution in [2.24, 2.45) is 0 Å². The number of allylic oxidation sites excluding steroid dienone is 1. The van der Waals surface area contributed by atoms with Crippen LogP contribution < -0.4 is 0 Å². The third-order valence-corrected chi connectivity index (χ3v) is 4.56. The van der Waals surface area contributed by atoms with Gasteiger partial charge in [0.2, 0.25) is 11.3 Å². The Hall–Kier alpha value is -0.390. The lowest BCUT2D eigenvalue weighted by Gasteiger charge is -2.23. The largest absolute Gasteiger partial charge is 0.441 e. The molecule has 0 aliphatic rings. The fourth-order valence-electron chi connectivity index (χ4n) is 0.767. The molecule has 21 heteroatoms. The van der Waals surface area contributed by atoms with Crippen LogP contribution in [0.2, 0.25) is 0 Å². The average molecular weight is 840 g/mol. The van der Waals surface area contributed by atoms with E-state index >= 15 is 0 Å². The molecule has 0 bridgehead atoms. The first-order valence-corrected chi connectivity index (χ1v) is 10.4. The number of alkyl halides is 17. The van der Waals surface area contributed by atoms with Crippen molar-refractivity contribution in [3.63, 3.8) is 0 Å². The summed E-state index contributed by atoms with van der Waals surface area (Å²) >= 11 is 1.39. The highest BCUT2D eigenvalue weighted by molar-refractivity contribution is 14.1. The summed E-state index contributed by atoms with van der Waals surface area (Å²) in [6.45, 7) is 2.80. The highest BCUT2D eigenvalue weighted by Gasteiger charge is 2.71. The molecule has 236 valence electrons. The van der Waals surface area contributed by atoms with Crippen molar-refractivity contribution in [1.82, 2.24) is 0 Å². The molecule has 0 amide bonds. The minimum atomic E-state index is -5.92. The molecule has 0 nitrogen and oxygen atoms in total. The second kappa shape index (κ2) is 18.1. The first-order chi connectivity index (χ1) is 15.2. The summed E-state index contributed by atoms with van der Waals surface area (Å²) in [5, 5.41) is 0. The van der Waals surface area contributed by atoms with Crippen molar-refractivity contribution >= 4 is 45.2 Å². The highest BCUT2D eigenvalue weighted by atomic mass is 127. The molecule has 38 heavy (non-hydrogen) atoms. The van der Waals surface area contributed by atoms with Gasteiger partial charge in [-0.15, -0.1) is 0 Å². The van der Waals surface area contributed by atoms with Gasteiger partial charge < -0.3 is 0 Å². The lowest BCUT2D eigenvalue weighted by Crippen LogP contribution is -2.47. The monoisotopic (exact) mass is 840 g/mol. The van der Waals surface area contributed by atoms with Crippen molar-refractivity contribution < 1.29 is 83.4 Å². The molecule has 0 aliphatic carbocycles. The molecule has 0 heterocycles. The van der Waals surface area contributed by atoms with Crippen LogP contribution >= 0.6 is 45.2 Å². The van der Waals surface area contributed by atoms with Crippen LogP contribution in [0.15, 0.2) is 24.8 Å². The third kappa shape index (κ3) is 21.4. The number of halogens is 21. The maximum atomic E-state index is 12.5. The van der Waals surface area contributed by atoms with Crippen LogP contribution in [0.3, 0.4) is 0 Å². The minimum Gasteiger partial charge on any atom is -0.234 e. The number of hydrogen-bond donors (Lipinski definition) is 0. The fourth-order valence-corrected chi connectivity index (χ4v) is 1.78. The molecule has 0 N–H and O–H groups in total. The third-order valence-electron chi connectivity index (χ3n) is 2.80. The normalized spacial score (nSPS) is 15.0. The van der Waals surface area contributed by atoms with E-state index in [4.69, 9.17) is 0 Å². The van der Waals surface area contributed by atoms with Crippen LogP contribution in [0, 0.1) is 0 Å². The van der Waals surface area contributed by atoms with Crippen LogP contribution in [0.4, 0.5) is 83.4 Å². The average Bonchev–Trinajstić information content (AvgIpc) is 2.49. The van der Waals surface area contributed by atoms with E-state index in [1.807, 2.05) is 0 Å². The van der Waals surface area contributed by atoms with Crippen molar-refractivity contribution in [2.45, 2.75) is 74.8 Å². The minimum absolute atomic E-state index is 0. The Balaban J connectivity index is -0.0000000920. The molecule has 0 aromatic heterocycles. The zero-order valence-electron chi connectivity index (χ0n) is 17.1. The van der Waals surface area contributed by atoms with Gasteiger partial charge in [0.1, 0.15) is 0 Å². The van der Waals surface area contributed by atoms with E-state index < -0.39 is 64.4 Å². The Labute approximate surface area is 232 Å². The number of hydrogen-bond acceptors (Lipinski definition) is 0. The van der Waals surface area contributed by atoms with E-state index in [-0.39, 0.29) is 48.8 Å². The van der Waals surface area contributed by atoms with Gasteiger partial charge in [0.05, 0.1) is 0 Å². The van der Waals surface area contributed by atoms with Gasteiger partial charge in [-0.05, 0) is 49.4 Å². The lowest BCUT2D eigenvalue weighted by atomic mass is 10.1. The van der Waals surface area contributed by atoms with Gasteiger partial charge in [-0.2, -0.15) is 70.2 Å². The topological polar surface area (TPSA) is 0 Å². The zero-order chi connectivity index (χ0) is 30.8. The van der Waals surface area contributed by atoms with Crippen LogP contribution in [-0.2, 0) is 0 Å². The first kappa shape index (κ1) is 50.4. The van der Waals surface area contributed by atoms with Gasteiger partial charge in [0, 0.05) is 10.5 Å². The Morgan fingerprint density at radius 2 is 0.895 bits per heavy atom. The van der Waals surface area contributed by atoms with Crippen molar-refractivity contribution in [3.05, 3.63) is 24.8 Å². The molecule has 0 aromatic carbocycles. The molecule has 0 saturated heterocycles. The highest BCUT2D eigenvalue weighted by Crippen LogP contribution is 2.50. The maximum absolute atomic E-state index is 12.5. The SMILES string of the molecule is C.C.C=C(F)F.CC(F)(C=C(F)F)C(F)(F)F.CC(F)(CCI)C(F)(F)F.FC(F)(F)C(F)(I)C(F)(F)F. The Morgan fingerprint density at radius 3 is 0.947 bits per heavy atom. The van der Waals surface area contributed by atoms with Crippen molar-refractivity contribution in [3.8, 4) is 0 Å². The van der Waals surface area contributed by atoms with E-state index in [9.17, 15) is 83.4 Å². The van der Waals surface area contributed by atoms with E-state index in [1.165, 1.54) is 0 Å². The van der Waals surface area contributed by atoms with Crippen LogP contribution in [-0.4, -0.2) is 44.1 Å². The van der Waals surface area contributed by atoms with E-state index in [0.717, 1.165) is 0 Å². The second-order valence-corrected chi connectivity index (χ2v) is 8.62. The lowest BCUT2D eigenvalue weighted by molar-refractivity contribution is -0.294. The summed E-state index contributed by atoms with van der Waals surface area (Å²) in [6, 6.07) is 0. The number of rotatable bonds is 3. The quantitative estimate of drug-likeness (QED) is 0.151. The summed E-state index contributed by atoms with van der Waals surface area (Å²) < 4.78 is 211. The summed E-state index contributed by atoms with van der Waals surface area (Å²) in [5.41, 5.74) is -6.97. The molecule has 0 rings (SSSR count). The molecule has 2 atom stereocenters. The van der Waals surface area contributed by atoms with Crippen molar-refractivity contribution in [2.75, 3.05) is 4.43 Å². The van der Waals surface area contributed by atoms with Gasteiger partial charge in [-0.3, -0.25) is 0 Å². The van der Waals surface area contributed by atoms with Gasteiger partial charge in [0.15, 0.2) is 0 Å². The molecule has 0 spiro atoms. The molecule has 2 unspecified atom stereocenters. The van der Waals surface area contributed by atoms with Gasteiger partial charge in [-0.1, -0.05) is 37.4 Å².